The second-order valence-electron chi connectivity index (χ2n) is 1.70. The molecule has 0 fully saturated rings. The maximum absolute atomic E-state index is 10.3. The lowest BCUT2D eigenvalue weighted by Crippen LogP contribution is -2.11. The summed E-state index contributed by atoms with van der Waals surface area (Å²) in [6.07, 6.45) is 4.36. The van der Waals surface area contributed by atoms with Crippen molar-refractivity contribution in [2.24, 2.45) is 5.73 Å². The van der Waals surface area contributed by atoms with Gasteiger partial charge >= 0.3 is 0 Å². The summed E-state index contributed by atoms with van der Waals surface area (Å²) in [7, 11) is 0. The molecule has 2 nitrogen and oxygen atoms in total. The van der Waals surface area contributed by atoms with Crippen LogP contribution in [-0.4, -0.2) is 5.91 Å². The number of primary amides is 1. The van der Waals surface area contributed by atoms with Crippen molar-refractivity contribution in [3.8, 4) is 0 Å². The van der Waals surface area contributed by atoms with Crippen LogP contribution in [-0.2, 0) is 4.79 Å². The van der Waals surface area contributed by atoms with Crippen LogP contribution in [0.3, 0.4) is 0 Å². The molecule has 0 aliphatic rings. The van der Waals surface area contributed by atoms with Crippen LogP contribution in [0.5, 0.6) is 0 Å². The van der Waals surface area contributed by atoms with Crippen LogP contribution < -0.4 is 5.73 Å². The third-order valence-electron chi connectivity index (χ3n) is 0.871. The Morgan fingerprint density at radius 2 is 1.69 bits per heavy atom. The molecule has 0 aromatic heterocycles. The van der Waals surface area contributed by atoms with E-state index in [1.165, 1.54) is 0 Å². The lowest BCUT2D eigenvalue weighted by molar-refractivity contribution is -0.114. The second-order valence-corrected chi connectivity index (χ2v) is 1.70. The van der Waals surface area contributed by atoms with Crippen LogP contribution in [0.2, 0.25) is 0 Å². The minimum Gasteiger partial charge on any atom is -0.366 e. The quantitative estimate of drug-likeness (QED) is 0.533. The van der Waals surface area contributed by atoms with Crippen molar-refractivity contribution in [1.29, 1.82) is 0 Å². The molecule has 0 unspecified atom stereocenters. The summed E-state index contributed by atoms with van der Waals surface area (Å²) in [4.78, 5) is 10.3. The minimum atomic E-state index is -0.459. The molecule has 1 amide bonds. The van der Waals surface area contributed by atoms with E-state index in [1.807, 2.05) is 40.7 Å². The fraction of sp³-hybridized carbons (Fsp3) is 0.545. The summed E-state index contributed by atoms with van der Waals surface area (Å²) in [6.45, 7) is 13.4. The van der Waals surface area contributed by atoms with Gasteiger partial charge in [-0.15, -0.1) is 0 Å². The zero-order chi connectivity index (χ0) is 11.3. The van der Waals surface area contributed by atoms with Crippen LogP contribution in [0.15, 0.2) is 24.3 Å². The molecule has 0 saturated heterocycles. The van der Waals surface area contributed by atoms with E-state index in [9.17, 15) is 4.79 Å². The molecule has 2 heteroatoms. The van der Waals surface area contributed by atoms with E-state index >= 15 is 0 Å². The van der Waals surface area contributed by atoms with Crippen molar-refractivity contribution in [2.45, 2.75) is 41.0 Å². The molecular formula is C11H23NO. The zero-order valence-electron chi connectivity index (χ0n) is 9.55. The average molecular weight is 185 g/mol. The number of hydrogen-bond donors (Lipinski definition) is 1. The van der Waals surface area contributed by atoms with Crippen molar-refractivity contribution in [3.05, 3.63) is 24.3 Å². The molecule has 0 aromatic rings. The first-order valence-corrected chi connectivity index (χ1v) is 4.83. The largest absolute Gasteiger partial charge is 0.366 e. The van der Waals surface area contributed by atoms with Gasteiger partial charge < -0.3 is 5.73 Å². The van der Waals surface area contributed by atoms with Gasteiger partial charge in [-0.2, -0.15) is 0 Å². The maximum Gasteiger partial charge on any atom is 0.248 e. The number of carbonyl (C=O) groups is 1. The van der Waals surface area contributed by atoms with E-state index in [2.05, 4.69) is 6.58 Å². The topological polar surface area (TPSA) is 43.1 Å². The number of nitrogens with two attached hydrogens (primary N) is 1. The lowest BCUT2D eigenvalue weighted by Gasteiger charge is -1.87. The third kappa shape index (κ3) is 18.2. The van der Waals surface area contributed by atoms with Gasteiger partial charge in [0.05, 0.1) is 0 Å². The number of allylic oxidation sites excluding steroid dienone is 1. The molecule has 0 spiro atoms. The van der Waals surface area contributed by atoms with Gasteiger partial charge in [0.25, 0.3) is 0 Å². The fourth-order valence-corrected chi connectivity index (χ4v) is 0.342. The van der Waals surface area contributed by atoms with Crippen molar-refractivity contribution in [1.82, 2.24) is 0 Å². The molecule has 0 aliphatic heterocycles. The molecule has 0 aromatic carbocycles. The van der Waals surface area contributed by atoms with Crippen LogP contribution >= 0.6 is 0 Å². The van der Waals surface area contributed by atoms with Gasteiger partial charge in [0.1, 0.15) is 0 Å². The number of carbonyl (C=O) groups excluding carboxylic acids is 1. The van der Waals surface area contributed by atoms with Gasteiger partial charge in [-0.1, -0.05) is 53.3 Å². The SMILES string of the molecule is C=C(/C=C\CC)C(N)=O.CC.CC. The summed E-state index contributed by atoms with van der Waals surface area (Å²) in [5.74, 6) is -0.459. The Balaban J connectivity index is -0.000000218. The van der Waals surface area contributed by atoms with Crippen LogP contribution in [0.4, 0.5) is 0 Å². The van der Waals surface area contributed by atoms with Crippen molar-refractivity contribution >= 4 is 5.91 Å². The highest BCUT2D eigenvalue weighted by Crippen LogP contribution is 1.91. The highest BCUT2D eigenvalue weighted by Gasteiger charge is 1.92. The Bertz CT molecular complexity index is 148. The Morgan fingerprint density at radius 3 is 1.92 bits per heavy atom. The van der Waals surface area contributed by atoms with Gasteiger partial charge in [-0.05, 0) is 6.42 Å². The van der Waals surface area contributed by atoms with Crippen molar-refractivity contribution in [2.75, 3.05) is 0 Å². The smallest absolute Gasteiger partial charge is 0.248 e. The van der Waals surface area contributed by atoms with Crippen molar-refractivity contribution < 1.29 is 4.79 Å². The Kier molecular flexibility index (Phi) is 23.6. The third-order valence-corrected chi connectivity index (χ3v) is 0.871. The van der Waals surface area contributed by atoms with Crippen LogP contribution in [0, 0.1) is 0 Å². The molecule has 0 atom stereocenters. The van der Waals surface area contributed by atoms with Gasteiger partial charge in [-0.3, -0.25) is 4.79 Å². The van der Waals surface area contributed by atoms with Gasteiger partial charge in [-0.25, -0.2) is 0 Å². The van der Waals surface area contributed by atoms with Crippen LogP contribution in [0.25, 0.3) is 0 Å². The van der Waals surface area contributed by atoms with Crippen LogP contribution in [0.1, 0.15) is 41.0 Å². The van der Waals surface area contributed by atoms with Gasteiger partial charge in [0, 0.05) is 5.57 Å². The molecule has 13 heavy (non-hydrogen) atoms. The fourth-order valence-electron chi connectivity index (χ4n) is 0.342. The Labute approximate surface area is 82.5 Å². The normalized spacial score (nSPS) is 7.77. The number of rotatable bonds is 3. The van der Waals surface area contributed by atoms with E-state index in [4.69, 9.17) is 5.73 Å². The van der Waals surface area contributed by atoms with E-state index in [0.717, 1.165) is 6.42 Å². The first kappa shape index (κ1) is 17.9. The van der Waals surface area contributed by atoms with Gasteiger partial charge in [0.15, 0.2) is 0 Å². The molecule has 0 bridgehead atoms. The molecule has 78 valence electrons. The first-order valence-electron chi connectivity index (χ1n) is 4.83. The predicted molar refractivity (Wildman–Crippen MR) is 60.5 cm³/mol. The Morgan fingerprint density at radius 1 is 1.31 bits per heavy atom. The maximum atomic E-state index is 10.3. The summed E-state index contributed by atoms with van der Waals surface area (Å²) < 4.78 is 0. The number of hydrogen-bond acceptors (Lipinski definition) is 1. The van der Waals surface area contributed by atoms with E-state index < -0.39 is 5.91 Å². The predicted octanol–water partition coefficient (Wildman–Crippen LogP) is 3.05. The van der Waals surface area contributed by atoms with Crippen molar-refractivity contribution in [3.63, 3.8) is 0 Å². The van der Waals surface area contributed by atoms with E-state index in [0.29, 0.717) is 5.57 Å². The molecule has 0 radical (unpaired) electrons. The second kappa shape index (κ2) is 17.2. The first-order chi connectivity index (χ1) is 6.18. The highest BCUT2D eigenvalue weighted by atomic mass is 16.1. The minimum absolute atomic E-state index is 0.358. The zero-order valence-corrected chi connectivity index (χ0v) is 9.55. The van der Waals surface area contributed by atoms with E-state index in [-0.39, 0.29) is 0 Å². The summed E-state index contributed by atoms with van der Waals surface area (Å²) in [6, 6.07) is 0. The van der Waals surface area contributed by atoms with Gasteiger partial charge in [0.2, 0.25) is 5.91 Å². The lowest BCUT2D eigenvalue weighted by atomic mass is 10.2. The molecular weight excluding hydrogens is 162 g/mol. The summed E-state index contributed by atoms with van der Waals surface area (Å²) in [5, 5.41) is 0. The highest BCUT2D eigenvalue weighted by molar-refractivity contribution is 5.93. The summed E-state index contributed by atoms with van der Waals surface area (Å²) >= 11 is 0. The summed E-state index contributed by atoms with van der Waals surface area (Å²) in [5.41, 5.74) is 5.25. The molecule has 0 aliphatic carbocycles. The Hall–Kier alpha value is -1.05. The molecule has 0 saturated carbocycles. The number of amides is 1. The standard InChI is InChI=1S/C7H11NO.2C2H6/c1-3-4-5-6(2)7(8)9;2*1-2/h4-5H,2-3H2,1H3,(H2,8,9);2*1-2H3/b5-4-;;. The molecule has 0 heterocycles. The average Bonchev–Trinajstić information content (AvgIpc) is 2.20. The molecule has 2 N–H and O–H groups in total. The molecule has 0 rings (SSSR count). The monoisotopic (exact) mass is 185 g/mol. The van der Waals surface area contributed by atoms with E-state index in [1.54, 1.807) is 6.08 Å².